The van der Waals surface area contributed by atoms with E-state index in [0.717, 1.165) is 39.4 Å². The van der Waals surface area contributed by atoms with Crippen molar-refractivity contribution < 1.29 is 21.6 Å². The van der Waals surface area contributed by atoms with E-state index in [2.05, 4.69) is 9.80 Å². The number of rotatable bonds is 7. The fourth-order valence-electron chi connectivity index (χ4n) is 4.02. The van der Waals surface area contributed by atoms with Crippen molar-refractivity contribution in [3.8, 4) is 0 Å². The fraction of sp³-hybridized carbons (Fsp3) is 0.455. The van der Waals surface area contributed by atoms with Crippen molar-refractivity contribution in [3.63, 3.8) is 0 Å². The topological polar surface area (TPSA) is 87.2 Å². The third kappa shape index (κ3) is 5.59. The first-order valence-electron chi connectivity index (χ1n) is 10.9. The minimum Gasteiger partial charge on any atom is -0.379 e. The summed E-state index contributed by atoms with van der Waals surface area (Å²) in [6.45, 7) is 7.06. The Balaban J connectivity index is 1.46. The van der Waals surface area contributed by atoms with Crippen LogP contribution in [0.3, 0.4) is 0 Å². The lowest BCUT2D eigenvalue weighted by atomic mass is 10.3. The number of sulfone groups is 1. The maximum absolute atomic E-state index is 13.3. The van der Waals surface area contributed by atoms with Gasteiger partial charge in [-0.25, -0.2) is 16.8 Å². The fourth-order valence-corrected chi connectivity index (χ4v) is 7.33. The zero-order chi connectivity index (χ0) is 23.5. The van der Waals surface area contributed by atoms with Gasteiger partial charge in [0, 0.05) is 52.4 Å². The molecule has 8 nitrogen and oxygen atoms in total. The molecule has 0 radical (unpaired) electrons. The number of hydrogen-bond donors (Lipinski definition) is 0. The van der Waals surface area contributed by atoms with E-state index in [4.69, 9.17) is 16.3 Å². The van der Waals surface area contributed by atoms with Crippen LogP contribution in [0.5, 0.6) is 0 Å². The second-order valence-corrected chi connectivity index (χ2v) is 12.4. The van der Waals surface area contributed by atoms with Crippen LogP contribution in [0.2, 0.25) is 5.02 Å². The second kappa shape index (κ2) is 10.4. The van der Waals surface area contributed by atoms with Gasteiger partial charge in [0.05, 0.1) is 28.0 Å². The van der Waals surface area contributed by atoms with Crippen molar-refractivity contribution in [3.05, 3.63) is 53.6 Å². The van der Waals surface area contributed by atoms with Crippen LogP contribution in [-0.2, 0) is 24.6 Å². The van der Waals surface area contributed by atoms with Crippen molar-refractivity contribution in [2.24, 2.45) is 0 Å². The first-order valence-corrected chi connectivity index (χ1v) is 14.2. The van der Waals surface area contributed by atoms with E-state index >= 15 is 0 Å². The van der Waals surface area contributed by atoms with E-state index in [0.29, 0.717) is 26.2 Å². The van der Waals surface area contributed by atoms with E-state index in [1.807, 2.05) is 0 Å². The molecule has 0 saturated carbocycles. The second-order valence-electron chi connectivity index (χ2n) is 8.11. The molecule has 2 aromatic carbocycles. The molecule has 4 rings (SSSR count). The van der Waals surface area contributed by atoms with Gasteiger partial charge in [-0.1, -0.05) is 29.8 Å². The molecule has 0 spiro atoms. The molecule has 0 aromatic heterocycles. The van der Waals surface area contributed by atoms with Crippen LogP contribution in [-0.4, -0.2) is 96.5 Å². The highest BCUT2D eigenvalue weighted by atomic mass is 35.5. The maximum Gasteiger partial charge on any atom is 0.244 e. The standard InChI is InChI=1S/C22H28ClN3O5S2/c23-21-7-6-20(32(27,28)19-4-2-1-3-5-19)18-22(21)33(29,30)26-12-10-24(11-13-26)8-9-25-14-16-31-17-15-25/h1-7,18H,8-17H2. The van der Waals surface area contributed by atoms with Gasteiger partial charge in [0.15, 0.2) is 0 Å². The zero-order valence-corrected chi connectivity index (χ0v) is 20.7. The quantitative estimate of drug-likeness (QED) is 0.558. The number of morpholine rings is 1. The predicted octanol–water partition coefficient (Wildman–Crippen LogP) is 1.81. The molecule has 0 N–H and O–H groups in total. The van der Waals surface area contributed by atoms with Crippen LogP contribution in [0.15, 0.2) is 63.2 Å². The highest BCUT2D eigenvalue weighted by Gasteiger charge is 2.31. The van der Waals surface area contributed by atoms with Gasteiger partial charge in [0.1, 0.15) is 4.90 Å². The molecule has 0 bridgehead atoms. The number of ether oxygens (including phenoxy) is 1. The first kappa shape index (κ1) is 24.6. The molecule has 2 saturated heterocycles. The molecule has 11 heteroatoms. The number of sulfonamides is 1. The molecule has 33 heavy (non-hydrogen) atoms. The lowest BCUT2D eigenvalue weighted by Crippen LogP contribution is -2.50. The van der Waals surface area contributed by atoms with Crippen LogP contribution in [0, 0.1) is 0 Å². The smallest absolute Gasteiger partial charge is 0.244 e. The number of piperazine rings is 1. The monoisotopic (exact) mass is 513 g/mol. The van der Waals surface area contributed by atoms with Crippen LogP contribution in [0.25, 0.3) is 0 Å². The Morgan fingerprint density at radius 3 is 2.00 bits per heavy atom. The number of hydrogen-bond acceptors (Lipinski definition) is 7. The largest absolute Gasteiger partial charge is 0.379 e. The Bertz CT molecular complexity index is 1160. The van der Waals surface area contributed by atoms with Crippen molar-refractivity contribution >= 4 is 31.5 Å². The Hall–Kier alpha value is -1.53. The van der Waals surface area contributed by atoms with E-state index in [1.54, 1.807) is 18.2 Å². The summed E-state index contributed by atoms with van der Waals surface area (Å²) in [5, 5.41) is 0.0109. The van der Waals surface area contributed by atoms with E-state index in [1.165, 1.54) is 34.6 Å². The molecule has 0 unspecified atom stereocenters. The van der Waals surface area contributed by atoms with E-state index < -0.39 is 19.9 Å². The van der Waals surface area contributed by atoms with Crippen LogP contribution < -0.4 is 0 Å². The molecule has 2 aliphatic heterocycles. The summed E-state index contributed by atoms with van der Waals surface area (Å²) in [7, 11) is -7.79. The third-order valence-corrected chi connectivity index (χ3v) is 10.2. The first-order chi connectivity index (χ1) is 15.8. The van der Waals surface area contributed by atoms with Crippen LogP contribution in [0.1, 0.15) is 0 Å². The van der Waals surface area contributed by atoms with Gasteiger partial charge in [-0.15, -0.1) is 0 Å². The molecular weight excluding hydrogens is 486 g/mol. The summed E-state index contributed by atoms with van der Waals surface area (Å²) in [6.07, 6.45) is 0. The number of nitrogens with zero attached hydrogens (tertiary/aromatic N) is 3. The SMILES string of the molecule is O=S(=O)(c1ccccc1)c1ccc(Cl)c(S(=O)(=O)N2CCN(CCN3CCOCC3)CC2)c1. The Morgan fingerprint density at radius 2 is 1.36 bits per heavy atom. The molecule has 2 aliphatic rings. The van der Waals surface area contributed by atoms with Crippen LogP contribution >= 0.6 is 11.6 Å². The lowest BCUT2D eigenvalue weighted by Gasteiger charge is -2.35. The Labute approximate surface area is 200 Å². The van der Waals surface area contributed by atoms with Gasteiger partial charge in [-0.05, 0) is 30.3 Å². The van der Waals surface area contributed by atoms with Gasteiger partial charge in [0.2, 0.25) is 19.9 Å². The molecular formula is C22H28ClN3O5S2. The van der Waals surface area contributed by atoms with Crippen molar-refractivity contribution in [1.29, 1.82) is 0 Å². The summed E-state index contributed by atoms with van der Waals surface area (Å²) in [6, 6.07) is 11.8. The molecule has 2 heterocycles. The summed E-state index contributed by atoms with van der Waals surface area (Å²) < 4.78 is 59.4. The van der Waals surface area contributed by atoms with Gasteiger partial charge in [-0.3, -0.25) is 9.80 Å². The molecule has 0 atom stereocenters. The normalized spacial score (nSPS) is 19.5. The summed E-state index contributed by atoms with van der Waals surface area (Å²) in [4.78, 5) is 4.43. The maximum atomic E-state index is 13.3. The summed E-state index contributed by atoms with van der Waals surface area (Å²) >= 11 is 6.23. The minimum atomic E-state index is -3.93. The Kier molecular flexibility index (Phi) is 7.74. The van der Waals surface area contributed by atoms with E-state index in [9.17, 15) is 16.8 Å². The average molecular weight is 514 g/mol. The van der Waals surface area contributed by atoms with Gasteiger partial charge >= 0.3 is 0 Å². The zero-order valence-electron chi connectivity index (χ0n) is 18.3. The van der Waals surface area contributed by atoms with Crippen molar-refractivity contribution in [2.75, 3.05) is 65.6 Å². The van der Waals surface area contributed by atoms with Crippen LogP contribution in [0.4, 0.5) is 0 Å². The van der Waals surface area contributed by atoms with Gasteiger partial charge in [0.25, 0.3) is 0 Å². The predicted molar refractivity (Wildman–Crippen MR) is 126 cm³/mol. The average Bonchev–Trinajstić information content (AvgIpc) is 2.84. The third-order valence-electron chi connectivity index (χ3n) is 6.05. The molecule has 0 amide bonds. The minimum absolute atomic E-state index is 0.0109. The molecule has 180 valence electrons. The highest BCUT2D eigenvalue weighted by Crippen LogP contribution is 2.30. The van der Waals surface area contributed by atoms with Gasteiger partial charge in [-0.2, -0.15) is 4.31 Å². The van der Waals surface area contributed by atoms with Crippen molar-refractivity contribution in [2.45, 2.75) is 14.7 Å². The number of halogens is 1. The van der Waals surface area contributed by atoms with Gasteiger partial charge < -0.3 is 4.74 Å². The molecule has 2 aromatic rings. The number of benzene rings is 2. The van der Waals surface area contributed by atoms with E-state index in [-0.39, 0.29) is 19.7 Å². The summed E-state index contributed by atoms with van der Waals surface area (Å²) in [5.41, 5.74) is 0. The lowest BCUT2D eigenvalue weighted by molar-refractivity contribution is 0.0317. The summed E-state index contributed by atoms with van der Waals surface area (Å²) in [5.74, 6) is 0. The highest BCUT2D eigenvalue weighted by molar-refractivity contribution is 7.91. The molecule has 0 aliphatic carbocycles. The molecule has 2 fully saturated rings. The van der Waals surface area contributed by atoms with Crippen molar-refractivity contribution in [1.82, 2.24) is 14.1 Å². The Morgan fingerprint density at radius 1 is 0.758 bits per heavy atom.